The van der Waals surface area contributed by atoms with Gasteiger partial charge >= 0.3 is 0 Å². The highest BCUT2D eigenvalue weighted by Gasteiger charge is 2.07. The van der Waals surface area contributed by atoms with Crippen LogP contribution in [0, 0.1) is 0 Å². The minimum absolute atomic E-state index is 0. The minimum Gasteiger partial charge on any atom is -0.495 e. The standard InChI is InChI=1S/C8H12N2O2.2ClH/c1-11-7-4-10-5-8(12-2)6(7)3-9;;/h4-5H,3,9H2,1-2H3;2*1H. The maximum Gasteiger partial charge on any atom is 0.145 e. The maximum atomic E-state index is 5.51. The Balaban J connectivity index is 0. The number of methoxy groups -OCH3 is 2. The molecule has 0 unspecified atom stereocenters. The Bertz CT molecular complexity index is 249. The Morgan fingerprint density at radius 1 is 1.14 bits per heavy atom. The SMILES string of the molecule is COc1cncc(OC)c1CN.Cl.Cl. The summed E-state index contributed by atoms with van der Waals surface area (Å²) < 4.78 is 10.1. The third-order valence-electron chi connectivity index (χ3n) is 1.62. The molecule has 0 saturated heterocycles. The summed E-state index contributed by atoms with van der Waals surface area (Å²) in [6.07, 6.45) is 3.23. The predicted molar refractivity (Wildman–Crippen MR) is 59.7 cm³/mol. The van der Waals surface area contributed by atoms with Crippen molar-refractivity contribution in [3.05, 3.63) is 18.0 Å². The van der Waals surface area contributed by atoms with E-state index in [0.717, 1.165) is 5.56 Å². The van der Waals surface area contributed by atoms with Crippen LogP contribution in [0.2, 0.25) is 0 Å². The van der Waals surface area contributed by atoms with Gasteiger partial charge in [0.2, 0.25) is 0 Å². The molecule has 0 saturated carbocycles. The van der Waals surface area contributed by atoms with Crippen molar-refractivity contribution < 1.29 is 9.47 Å². The molecule has 0 aliphatic rings. The van der Waals surface area contributed by atoms with Gasteiger partial charge in [-0.2, -0.15) is 0 Å². The van der Waals surface area contributed by atoms with E-state index in [-0.39, 0.29) is 24.8 Å². The minimum atomic E-state index is 0. The van der Waals surface area contributed by atoms with Crippen LogP contribution in [0.25, 0.3) is 0 Å². The largest absolute Gasteiger partial charge is 0.495 e. The summed E-state index contributed by atoms with van der Waals surface area (Å²) in [4.78, 5) is 3.93. The molecule has 1 aromatic rings. The van der Waals surface area contributed by atoms with E-state index in [1.807, 2.05) is 0 Å². The van der Waals surface area contributed by atoms with Crippen molar-refractivity contribution in [2.75, 3.05) is 14.2 Å². The molecule has 1 rings (SSSR count). The van der Waals surface area contributed by atoms with E-state index in [4.69, 9.17) is 15.2 Å². The monoisotopic (exact) mass is 240 g/mol. The fraction of sp³-hybridized carbons (Fsp3) is 0.375. The lowest BCUT2D eigenvalue weighted by molar-refractivity contribution is 0.382. The fourth-order valence-electron chi connectivity index (χ4n) is 1.00. The van der Waals surface area contributed by atoms with E-state index in [0.29, 0.717) is 18.0 Å². The van der Waals surface area contributed by atoms with Crippen LogP contribution in [0.4, 0.5) is 0 Å². The average molecular weight is 241 g/mol. The molecule has 14 heavy (non-hydrogen) atoms. The Hall–Kier alpha value is -0.710. The van der Waals surface area contributed by atoms with Gasteiger partial charge in [-0.25, -0.2) is 0 Å². The highest BCUT2D eigenvalue weighted by Crippen LogP contribution is 2.25. The molecule has 0 fully saturated rings. The summed E-state index contributed by atoms with van der Waals surface area (Å²) >= 11 is 0. The first-order valence-electron chi connectivity index (χ1n) is 3.58. The zero-order valence-electron chi connectivity index (χ0n) is 8.02. The van der Waals surface area contributed by atoms with Crippen molar-refractivity contribution in [1.29, 1.82) is 0 Å². The molecule has 0 aliphatic carbocycles. The number of hydrogen-bond acceptors (Lipinski definition) is 4. The lowest BCUT2D eigenvalue weighted by Gasteiger charge is -2.09. The van der Waals surface area contributed by atoms with Gasteiger partial charge < -0.3 is 15.2 Å². The summed E-state index contributed by atoms with van der Waals surface area (Å²) in [5, 5.41) is 0. The van der Waals surface area contributed by atoms with Crippen molar-refractivity contribution in [2.24, 2.45) is 5.73 Å². The molecule has 0 aliphatic heterocycles. The zero-order chi connectivity index (χ0) is 8.97. The summed E-state index contributed by atoms with van der Waals surface area (Å²) in [6, 6.07) is 0. The van der Waals surface area contributed by atoms with E-state index >= 15 is 0 Å². The van der Waals surface area contributed by atoms with Gasteiger partial charge in [0.15, 0.2) is 0 Å². The molecule has 82 valence electrons. The molecule has 0 spiro atoms. The van der Waals surface area contributed by atoms with Crippen molar-refractivity contribution in [3.63, 3.8) is 0 Å². The van der Waals surface area contributed by atoms with E-state index in [2.05, 4.69) is 4.98 Å². The summed E-state index contributed by atoms with van der Waals surface area (Å²) in [7, 11) is 3.16. The van der Waals surface area contributed by atoms with Gasteiger partial charge in [0.1, 0.15) is 11.5 Å². The first-order valence-corrected chi connectivity index (χ1v) is 3.58. The number of nitrogens with zero attached hydrogens (tertiary/aromatic N) is 1. The first kappa shape index (κ1) is 15.7. The lowest BCUT2D eigenvalue weighted by Crippen LogP contribution is -2.03. The van der Waals surface area contributed by atoms with E-state index < -0.39 is 0 Å². The van der Waals surface area contributed by atoms with Crippen LogP contribution in [0.5, 0.6) is 11.5 Å². The normalized spacial score (nSPS) is 8.21. The van der Waals surface area contributed by atoms with Gasteiger partial charge in [-0.3, -0.25) is 4.98 Å². The second-order valence-corrected chi connectivity index (χ2v) is 2.23. The molecule has 0 bridgehead atoms. The molecule has 4 nitrogen and oxygen atoms in total. The number of halogens is 2. The van der Waals surface area contributed by atoms with Crippen LogP contribution in [0.3, 0.4) is 0 Å². The number of rotatable bonds is 3. The number of ether oxygens (including phenoxy) is 2. The molecular formula is C8H14Cl2N2O2. The van der Waals surface area contributed by atoms with E-state index in [1.54, 1.807) is 26.6 Å². The Kier molecular flexibility index (Phi) is 8.63. The third kappa shape index (κ3) is 3.21. The number of hydrogen-bond donors (Lipinski definition) is 1. The van der Waals surface area contributed by atoms with Gasteiger partial charge in [0.05, 0.1) is 32.2 Å². The Morgan fingerprint density at radius 3 is 1.86 bits per heavy atom. The fourth-order valence-corrected chi connectivity index (χ4v) is 1.00. The Morgan fingerprint density at radius 2 is 1.57 bits per heavy atom. The molecule has 0 amide bonds. The smallest absolute Gasteiger partial charge is 0.145 e. The maximum absolute atomic E-state index is 5.51. The van der Waals surface area contributed by atoms with E-state index in [9.17, 15) is 0 Å². The van der Waals surface area contributed by atoms with Crippen molar-refractivity contribution in [1.82, 2.24) is 4.98 Å². The van der Waals surface area contributed by atoms with Crippen LogP contribution in [-0.4, -0.2) is 19.2 Å². The Labute approximate surface area is 95.6 Å². The molecule has 0 atom stereocenters. The topological polar surface area (TPSA) is 57.4 Å². The molecule has 6 heteroatoms. The van der Waals surface area contributed by atoms with Crippen LogP contribution in [-0.2, 0) is 6.54 Å². The van der Waals surface area contributed by atoms with E-state index in [1.165, 1.54) is 0 Å². The van der Waals surface area contributed by atoms with Gasteiger partial charge in [-0.15, -0.1) is 24.8 Å². The van der Waals surface area contributed by atoms with Crippen molar-refractivity contribution >= 4 is 24.8 Å². The van der Waals surface area contributed by atoms with Gasteiger partial charge in [0.25, 0.3) is 0 Å². The number of aromatic nitrogens is 1. The molecule has 2 N–H and O–H groups in total. The van der Waals surface area contributed by atoms with Gasteiger partial charge in [-0.1, -0.05) is 0 Å². The van der Waals surface area contributed by atoms with Gasteiger partial charge in [0, 0.05) is 6.54 Å². The van der Waals surface area contributed by atoms with Crippen LogP contribution in [0.15, 0.2) is 12.4 Å². The molecule has 1 heterocycles. The number of nitrogens with two attached hydrogens (primary N) is 1. The van der Waals surface area contributed by atoms with Crippen LogP contribution >= 0.6 is 24.8 Å². The highest BCUT2D eigenvalue weighted by molar-refractivity contribution is 5.85. The summed E-state index contributed by atoms with van der Waals surface area (Å²) in [5.41, 5.74) is 6.36. The zero-order valence-corrected chi connectivity index (χ0v) is 9.65. The van der Waals surface area contributed by atoms with Crippen LogP contribution < -0.4 is 15.2 Å². The van der Waals surface area contributed by atoms with Gasteiger partial charge in [-0.05, 0) is 0 Å². The van der Waals surface area contributed by atoms with Crippen molar-refractivity contribution in [2.45, 2.75) is 6.54 Å². The average Bonchev–Trinajstić information content (AvgIpc) is 2.16. The molecular weight excluding hydrogens is 227 g/mol. The number of pyridine rings is 1. The quantitative estimate of drug-likeness (QED) is 0.868. The molecule has 0 radical (unpaired) electrons. The summed E-state index contributed by atoms with van der Waals surface area (Å²) in [5.74, 6) is 1.33. The van der Waals surface area contributed by atoms with Crippen molar-refractivity contribution in [3.8, 4) is 11.5 Å². The van der Waals surface area contributed by atoms with Crippen LogP contribution in [0.1, 0.15) is 5.56 Å². The second kappa shape index (κ2) is 7.67. The third-order valence-corrected chi connectivity index (χ3v) is 1.62. The lowest BCUT2D eigenvalue weighted by atomic mass is 10.2. The summed E-state index contributed by atoms with van der Waals surface area (Å²) in [6.45, 7) is 0.384. The molecule has 0 aromatic carbocycles. The second-order valence-electron chi connectivity index (χ2n) is 2.23. The first-order chi connectivity index (χ1) is 5.83. The highest BCUT2D eigenvalue weighted by atomic mass is 35.5. The predicted octanol–water partition coefficient (Wildman–Crippen LogP) is 1.40. The molecule has 1 aromatic heterocycles.